The van der Waals surface area contributed by atoms with E-state index in [9.17, 15) is 18.0 Å². The van der Waals surface area contributed by atoms with Gasteiger partial charge >= 0.3 is 6.03 Å². The number of hydrogen-bond donors (Lipinski definition) is 1. The fraction of sp³-hybridized carbons (Fsp3) is 0.625. The Hall–Kier alpha value is -1.83. The highest BCUT2D eigenvalue weighted by molar-refractivity contribution is 7.91. The van der Waals surface area contributed by atoms with Crippen LogP contribution in [0.4, 0.5) is 4.79 Å². The number of hydrogen-bond acceptors (Lipinski definition) is 4. The number of piperidine rings is 1. The molecule has 2 fully saturated rings. The zero-order chi connectivity index (χ0) is 16.9. The van der Waals surface area contributed by atoms with Crippen molar-refractivity contribution in [2.24, 2.45) is 5.92 Å². The minimum atomic E-state index is -3.00. The lowest BCUT2D eigenvalue weighted by atomic mass is 9.83. The fourth-order valence-corrected chi connectivity index (χ4v) is 5.91. The smallest absolute Gasteiger partial charge is 0.317 e. The maximum atomic E-state index is 12.5. The first kappa shape index (κ1) is 15.7. The number of nitrogens with one attached hydrogen (secondary N) is 1. The van der Waals surface area contributed by atoms with Gasteiger partial charge in [0, 0.05) is 43.4 Å². The molecule has 2 amide bonds. The van der Waals surface area contributed by atoms with Crippen LogP contribution in [0, 0.1) is 5.92 Å². The minimum Gasteiger partial charge on any atom is -0.334 e. The van der Waals surface area contributed by atoms with Gasteiger partial charge in [-0.25, -0.2) is 13.2 Å². The summed E-state index contributed by atoms with van der Waals surface area (Å²) in [6.45, 7) is 1.83. The average molecular weight is 351 g/mol. The first-order valence-electron chi connectivity index (χ1n) is 8.37. The number of aromatic nitrogens is 1. The predicted molar refractivity (Wildman–Crippen MR) is 88.7 cm³/mol. The summed E-state index contributed by atoms with van der Waals surface area (Å²) in [5.74, 6) is 0.635. The Balaban J connectivity index is 1.48. The van der Waals surface area contributed by atoms with Crippen LogP contribution in [-0.4, -0.2) is 54.6 Å². The lowest BCUT2D eigenvalue weighted by Gasteiger charge is -2.42. The van der Waals surface area contributed by atoms with Crippen molar-refractivity contribution in [2.75, 3.05) is 24.6 Å². The standard InChI is InChI=1S/C16H21N3O4S/c20-15-3-1-2-14-12-6-11(8-19(14)15)7-18(9-12)16(21)17-13-4-5-24(22,23)10-13/h1-3,11-13H,4-10H2,(H,17,21)/t11-,12+,13+/m1/s1. The third-order valence-corrected chi connectivity index (χ3v) is 7.09. The lowest BCUT2D eigenvalue weighted by Crippen LogP contribution is -2.53. The van der Waals surface area contributed by atoms with E-state index in [4.69, 9.17) is 0 Å². The molecule has 130 valence electrons. The number of carbonyl (C=O) groups excluding carboxylic acids is 1. The number of nitrogens with zero attached hydrogens (tertiary/aromatic N) is 2. The van der Waals surface area contributed by atoms with Crippen LogP contribution in [0.5, 0.6) is 0 Å². The van der Waals surface area contributed by atoms with E-state index in [1.165, 1.54) is 0 Å². The maximum Gasteiger partial charge on any atom is 0.317 e. The summed E-state index contributed by atoms with van der Waals surface area (Å²) in [6, 6.07) is 4.86. The molecule has 3 atom stereocenters. The van der Waals surface area contributed by atoms with Gasteiger partial charge in [-0.15, -0.1) is 0 Å². The Morgan fingerprint density at radius 1 is 1.21 bits per heavy atom. The van der Waals surface area contributed by atoms with Crippen molar-refractivity contribution in [3.05, 3.63) is 34.2 Å². The molecular weight excluding hydrogens is 330 g/mol. The zero-order valence-electron chi connectivity index (χ0n) is 13.3. The monoisotopic (exact) mass is 351 g/mol. The van der Waals surface area contributed by atoms with Crippen LogP contribution in [0.1, 0.15) is 24.5 Å². The van der Waals surface area contributed by atoms with Gasteiger partial charge < -0.3 is 14.8 Å². The van der Waals surface area contributed by atoms with Crippen molar-refractivity contribution in [3.8, 4) is 0 Å². The van der Waals surface area contributed by atoms with Gasteiger partial charge in [-0.2, -0.15) is 0 Å². The van der Waals surface area contributed by atoms with Crippen molar-refractivity contribution >= 4 is 15.9 Å². The maximum absolute atomic E-state index is 12.5. The molecule has 1 aromatic rings. The number of urea groups is 1. The van der Waals surface area contributed by atoms with Gasteiger partial charge in [0.05, 0.1) is 11.5 Å². The summed E-state index contributed by atoms with van der Waals surface area (Å²) in [4.78, 5) is 26.3. The van der Waals surface area contributed by atoms with Gasteiger partial charge in [0.2, 0.25) is 0 Å². The molecule has 3 aliphatic heterocycles. The van der Waals surface area contributed by atoms with Crippen LogP contribution in [0.3, 0.4) is 0 Å². The van der Waals surface area contributed by atoms with Crippen LogP contribution >= 0.6 is 0 Å². The van der Waals surface area contributed by atoms with E-state index in [0.717, 1.165) is 12.1 Å². The van der Waals surface area contributed by atoms with E-state index in [1.54, 1.807) is 17.0 Å². The van der Waals surface area contributed by atoms with Gasteiger partial charge in [-0.05, 0) is 24.8 Å². The molecule has 2 bridgehead atoms. The number of sulfone groups is 1. The second-order valence-electron chi connectivity index (χ2n) is 7.15. The zero-order valence-corrected chi connectivity index (χ0v) is 14.2. The van der Waals surface area contributed by atoms with Crippen molar-refractivity contribution in [3.63, 3.8) is 0 Å². The lowest BCUT2D eigenvalue weighted by molar-refractivity contribution is 0.129. The molecule has 24 heavy (non-hydrogen) atoms. The second-order valence-corrected chi connectivity index (χ2v) is 9.38. The highest BCUT2D eigenvalue weighted by Crippen LogP contribution is 2.34. The normalized spacial score (nSPS) is 30.7. The molecule has 1 N–H and O–H groups in total. The first-order valence-corrected chi connectivity index (χ1v) is 10.2. The fourth-order valence-electron chi connectivity index (χ4n) is 4.24. The minimum absolute atomic E-state index is 0.0243. The third kappa shape index (κ3) is 2.83. The van der Waals surface area contributed by atoms with E-state index in [-0.39, 0.29) is 41.0 Å². The molecule has 0 unspecified atom stereocenters. The van der Waals surface area contributed by atoms with Gasteiger partial charge in [0.15, 0.2) is 9.84 Å². The van der Waals surface area contributed by atoms with Crippen LogP contribution < -0.4 is 10.9 Å². The molecule has 4 rings (SSSR count). The Kier molecular flexibility index (Phi) is 3.67. The van der Waals surface area contributed by atoms with Gasteiger partial charge in [-0.3, -0.25) is 4.79 Å². The summed E-state index contributed by atoms with van der Waals surface area (Å²) < 4.78 is 24.9. The molecule has 4 heterocycles. The van der Waals surface area contributed by atoms with Crippen molar-refractivity contribution in [2.45, 2.75) is 31.3 Å². The summed E-state index contributed by atoms with van der Waals surface area (Å²) in [7, 11) is -3.00. The highest BCUT2D eigenvalue weighted by Gasteiger charge is 2.37. The Morgan fingerprint density at radius 3 is 2.79 bits per heavy atom. The van der Waals surface area contributed by atoms with E-state index >= 15 is 0 Å². The average Bonchev–Trinajstić information content (AvgIpc) is 2.87. The highest BCUT2D eigenvalue weighted by atomic mass is 32.2. The van der Waals surface area contributed by atoms with Crippen molar-refractivity contribution < 1.29 is 13.2 Å². The third-order valence-electron chi connectivity index (χ3n) is 5.33. The van der Waals surface area contributed by atoms with Gasteiger partial charge in [-0.1, -0.05) is 6.07 Å². The molecular formula is C16H21N3O4S. The largest absolute Gasteiger partial charge is 0.334 e. The Labute approximate surface area is 140 Å². The second kappa shape index (κ2) is 5.61. The first-order chi connectivity index (χ1) is 11.4. The number of rotatable bonds is 1. The predicted octanol–water partition coefficient (Wildman–Crippen LogP) is 0.164. The molecule has 2 saturated heterocycles. The number of carbonyl (C=O) groups is 1. The Morgan fingerprint density at radius 2 is 2.04 bits per heavy atom. The van der Waals surface area contributed by atoms with Crippen molar-refractivity contribution in [1.82, 2.24) is 14.8 Å². The van der Waals surface area contributed by atoms with E-state index in [0.29, 0.717) is 26.1 Å². The van der Waals surface area contributed by atoms with E-state index in [2.05, 4.69) is 5.32 Å². The van der Waals surface area contributed by atoms with Crippen LogP contribution in [0.2, 0.25) is 0 Å². The van der Waals surface area contributed by atoms with Crippen LogP contribution in [0.15, 0.2) is 23.0 Å². The quantitative estimate of drug-likeness (QED) is 0.781. The molecule has 0 spiro atoms. The van der Waals surface area contributed by atoms with Crippen molar-refractivity contribution in [1.29, 1.82) is 0 Å². The molecule has 0 saturated carbocycles. The molecule has 3 aliphatic rings. The molecule has 0 aliphatic carbocycles. The molecule has 7 nitrogen and oxygen atoms in total. The summed E-state index contributed by atoms with van der Waals surface area (Å²) >= 11 is 0. The summed E-state index contributed by atoms with van der Waals surface area (Å²) in [6.07, 6.45) is 1.48. The van der Waals surface area contributed by atoms with Crippen LogP contribution in [0.25, 0.3) is 0 Å². The van der Waals surface area contributed by atoms with Gasteiger partial charge in [0.25, 0.3) is 5.56 Å². The van der Waals surface area contributed by atoms with E-state index < -0.39 is 9.84 Å². The number of fused-ring (bicyclic) bond motifs is 4. The van der Waals surface area contributed by atoms with Crippen LogP contribution in [-0.2, 0) is 16.4 Å². The molecule has 0 aromatic carbocycles. The molecule has 1 aromatic heterocycles. The SMILES string of the molecule is O=C(N[C@H]1CCS(=O)(=O)C1)N1C[C@H]2C[C@@H](C1)c1cccc(=O)n1C2. The number of likely N-dealkylation sites (tertiary alicyclic amines) is 1. The Bertz CT molecular complexity index is 832. The molecule has 0 radical (unpaired) electrons. The summed E-state index contributed by atoms with van der Waals surface area (Å²) in [5, 5.41) is 2.87. The topological polar surface area (TPSA) is 88.5 Å². The number of amides is 2. The summed E-state index contributed by atoms with van der Waals surface area (Å²) in [5.41, 5.74) is 1.02. The number of pyridine rings is 1. The van der Waals surface area contributed by atoms with E-state index in [1.807, 2.05) is 10.6 Å². The van der Waals surface area contributed by atoms with Gasteiger partial charge in [0.1, 0.15) is 0 Å². The molecule has 8 heteroatoms.